The molecule has 0 saturated heterocycles. The van der Waals surface area contributed by atoms with Crippen LogP contribution in [0.1, 0.15) is 108 Å². The predicted octanol–water partition coefficient (Wildman–Crippen LogP) is 13.2. The van der Waals surface area contributed by atoms with Gasteiger partial charge in [0.2, 0.25) is 0 Å². The maximum atomic E-state index is 6.22. The number of benzene rings is 3. The van der Waals surface area contributed by atoms with Gasteiger partial charge in [-0.15, -0.1) is 24.8 Å². The summed E-state index contributed by atoms with van der Waals surface area (Å²) in [6.45, 7) is 30.9. The molecule has 0 aliphatic heterocycles. The van der Waals surface area contributed by atoms with E-state index in [9.17, 15) is 0 Å². The van der Waals surface area contributed by atoms with E-state index < -0.39 is 18.3 Å². The molecule has 5 aliphatic carbocycles. The Labute approximate surface area is 340 Å². The quantitative estimate of drug-likeness (QED) is 0.246. The van der Waals surface area contributed by atoms with Crippen LogP contribution in [-0.4, -0.2) is 4.21 Å². The molecule has 3 atom stereocenters. The van der Waals surface area contributed by atoms with Crippen LogP contribution in [0.4, 0.5) is 0 Å². The fraction of sp³-hybridized carbons (Fsp3) is 0.431. The van der Waals surface area contributed by atoms with Crippen LogP contribution in [0.15, 0.2) is 111 Å². The van der Waals surface area contributed by atoms with Gasteiger partial charge in [0.25, 0.3) is 0 Å². The van der Waals surface area contributed by atoms with E-state index in [-0.39, 0.29) is 49.6 Å². The van der Waals surface area contributed by atoms with Gasteiger partial charge in [0, 0.05) is 0 Å². The van der Waals surface area contributed by atoms with E-state index in [0.29, 0.717) is 5.92 Å². The van der Waals surface area contributed by atoms with E-state index in [1.165, 1.54) is 46.3 Å². The van der Waals surface area contributed by atoms with Crippen LogP contribution in [0.5, 0.6) is 0 Å². The number of aryl methyl sites for hydroxylation is 4. The second-order valence-corrected chi connectivity index (χ2v) is 33.8. The standard InChI is InChI=1S/C29H37.2C8H9.C5H5.CH2.2ClH.Zr/c1-18-25-22-17-19-13-9-10-14-20(19)24(22)21-15-11-12-16-23(21)29(25,8)28(6,7)27(4,5)26(18,2)3;2*1-7-4-3-5-8(2)6-7;1-2-4-5-3-1;;;;/h9-11,13-15,23H,12,16-17H2,1-8H3;2*4-6H,1-2H3;1-3H,4H2;1H2;2*1H;. The molecule has 0 amide bonds. The summed E-state index contributed by atoms with van der Waals surface area (Å²) in [5.41, 5.74) is 14.6. The van der Waals surface area contributed by atoms with E-state index in [1.54, 1.807) is 25.6 Å². The van der Waals surface area contributed by atoms with Gasteiger partial charge in [0.1, 0.15) is 0 Å². The van der Waals surface area contributed by atoms with E-state index in [0.717, 1.165) is 19.3 Å². The van der Waals surface area contributed by atoms with Crippen LogP contribution in [0.2, 0.25) is 3.12 Å². The number of halogens is 2. The molecule has 3 unspecified atom stereocenters. The summed E-state index contributed by atoms with van der Waals surface area (Å²) in [6.07, 6.45) is 16.7. The molecule has 0 radical (unpaired) electrons. The fourth-order valence-electron chi connectivity index (χ4n) is 13.8. The monoisotopic (exact) mass is 836 g/mol. The van der Waals surface area contributed by atoms with Gasteiger partial charge in [0.15, 0.2) is 0 Å². The zero-order valence-electron chi connectivity index (χ0n) is 35.1. The average Bonchev–Trinajstić information content (AvgIpc) is 3.76. The van der Waals surface area contributed by atoms with Gasteiger partial charge in [-0.3, -0.25) is 0 Å². The molecule has 0 spiro atoms. The van der Waals surface area contributed by atoms with Crippen molar-refractivity contribution in [2.75, 3.05) is 0 Å². The van der Waals surface area contributed by atoms with Gasteiger partial charge in [-0.1, -0.05) is 0 Å². The first-order valence-corrected chi connectivity index (χ1v) is 26.7. The van der Waals surface area contributed by atoms with E-state index in [4.69, 9.17) is 4.21 Å². The van der Waals surface area contributed by atoms with Gasteiger partial charge in [-0.2, -0.15) is 0 Å². The summed E-state index contributed by atoms with van der Waals surface area (Å²) in [5, 5.41) is 0. The van der Waals surface area contributed by atoms with Crippen LogP contribution in [0.3, 0.4) is 0 Å². The van der Waals surface area contributed by atoms with Crippen LogP contribution >= 0.6 is 24.8 Å². The third-order valence-electron chi connectivity index (χ3n) is 17.5. The summed E-state index contributed by atoms with van der Waals surface area (Å²) in [6, 6.07) is 24.6. The third kappa shape index (κ3) is 4.56. The number of rotatable bonds is 4. The average molecular weight is 839 g/mol. The summed E-state index contributed by atoms with van der Waals surface area (Å²) in [4.78, 5) is 0. The van der Waals surface area contributed by atoms with Crippen molar-refractivity contribution in [3.63, 3.8) is 0 Å². The van der Waals surface area contributed by atoms with Crippen molar-refractivity contribution in [2.24, 2.45) is 27.6 Å². The molecular formula is C51H64Cl2Zr. The molecule has 0 aromatic heterocycles. The maximum absolute atomic E-state index is 6.22. The van der Waals surface area contributed by atoms with Crippen LogP contribution in [0.25, 0.3) is 5.57 Å². The Morgan fingerprint density at radius 3 is 1.78 bits per heavy atom. The van der Waals surface area contributed by atoms with Gasteiger partial charge in [0.05, 0.1) is 0 Å². The minimum absolute atomic E-state index is 0. The molecule has 0 N–H and O–H groups in total. The molecule has 286 valence electrons. The Hall–Kier alpha value is -2.31. The fourth-order valence-corrected chi connectivity index (χ4v) is 35.3. The molecule has 5 aliphatic rings. The molecule has 3 heteroatoms. The normalized spacial score (nSPS) is 27.3. The first-order valence-electron chi connectivity index (χ1n) is 20.1. The molecule has 1 fully saturated rings. The van der Waals surface area contributed by atoms with E-state index in [2.05, 4.69) is 174 Å². The zero-order chi connectivity index (χ0) is 37.5. The van der Waals surface area contributed by atoms with Crippen molar-refractivity contribution in [2.45, 2.75) is 112 Å². The summed E-state index contributed by atoms with van der Waals surface area (Å²) in [5.74, 6) is 0.434. The Bertz CT molecular complexity index is 2220. The van der Waals surface area contributed by atoms with Crippen molar-refractivity contribution in [1.82, 2.24) is 0 Å². The van der Waals surface area contributed by atoms with E-state index in [1.807, 2.05) is 0 Å². The zero-order valence-corrected chi connectivity index (χ0v) is 39.2. The van der Waals surface area contributed by atoms with Gasteiger partial charge in [-0.25, -0.2) is 0 Å². The summed E-state index contributed by atoms with van der Waals surface area (Å²) >= 11 is -5.24. The van der Waals surface area contributed by atoms with Crippen molar-refractivity contribution in [3.05, 3.63) is 144 Å². The molecule has 0 heterocycles. The van der Waals surface area contributed by atoms with Gasteiger partial charge in [-0.05, 0) is 0 Å². The molecule has 8 rings (SSSR count). The Morgan fingerprint density at radius 1 is 0.685 bits per heavy atom. The van der Waals surface area contributed by atoms with E-state index >= 15 is 0 Å². The molecular weight excluding hydrogens is 775 g/mol. The molecule has 1 saturated carbocycles. The van der Waals surface area contributed by atoms with Crippen molar-refractivity contribution in [1.29, 1.82) is 0 Å². The Kier molecular flexibility index (Phi) is 9.84. The predicted molar refractivity (Wildman–Crippen MR) is 238 cm³/mol. The van der Waals surface area contributed by atoms with Crippen molar-refractivity contribution >= 4 is 41.1 Å². The Morgan fingerprint density at radius 2 is 1.24 bits per heavy atom. The van der Waals surface area contributed by atoms with Gasteiger partial charge < -0.3 is 0 Å². The summed E-state index contributed by atoms with van der Waals surface area (Å²) < 4.78 is 10.6. The van der Waals surface area contributed by atoms with Crippen LogP contribution in [0, 0.1) is 55.3 Å². The third-order valence-corrected chi connectivity index (χ3v) is 37.2. The Balaban J connectivity index is 0.00000249. The van der Waals surface area contributed by atoms with Crippen molar-refractivity contribution in [3.8, 4) is 0 Å². The number of allylic oxidation sites excluding steroid dienone is 10. The molecule has 3 aromatic rings. The SMILES string of the molecule is Cl.Cl.[CH2]=[Zr]([C]1=CC=CC1)([c]1cc(C)cc(C)c1)([c]1cc(C)cc(C)c1)[C]1(C)C2=C3Cc4ccccc4C3=C3C=CCCC3C2(C)C(C)(C)C(C)(C)C1(C)C. The van der Waals surface area contributed by atoms with Crippen LogP contribution in [-0.2, 0) is 24.7 Å². The second kappa shape index (κ2) is 12.9. The first kappa shape index (κ1) is 41.3. The molecule has 0 nitrogen and oxygen atoms in total. The topological polar surface area (TPSA) is 0 Å². The number of hydrogen-bond donors (Lipinski definition) is 0. The second-order valence-electron chi connectivity index (χ2n) is 19.8. The minimum atomic E-state index is -5.24. The molecule has 54 heavy (non-hydrogen) atoms. The van der Waals surface area contributed by atoms with Crippen LogP contribution < -0.4 is 6.54 Å². The molecule has 0 bridgehead atoms. The molecule has 3 aromatic carbocycles. The number of fused-ring (bicyclic) bond motifs is 6. The first-order chi connectivity index (χ1) is 24.3. The summed E-state index contributed by atoms with van der Waals surface area (Å²) in [7, 11) is 0. The van der Waals surface area contributed by atoms with Crippen molar-refractivity contribution < 1.29 is 18.3 Å². The van der Waals surface area contributed by atoms with Gasteiger partial charge >= 0.3 is 319 Å². The number of hydrogen-bond acceptors (Lipinski definition) is 0.